The Kier molecular flexibility index (Phi) is 6.15. The number of hydrogen-bond donors (Lipinski definition) is 3. The van der Waals surface area contributed by atoms with Gasteiger partial charge in [0.2, 0.25) is 0 Å². The van der Waals surface area contributed by atoms with Gasteiger partial charge in [0.1, 0.15) is 0 Å². The van der Waals surface area contributed by atoms with E-state index in [-0.39, 0.29) is 0 Å². The zero-order valence-electron chi connectivity index (χ0n) is 8.91. The molecule has 0 amide bonds. The van der Waals surface area contributed by atoms with E-state index >= 15 is 0 Å². The molecule has 0 heterocycles. The van der Waals surface area contributed by atoms with Gasteiger partial charge in [0, 0.05) is 18.8 Å². The Bertz CT molecular complexity index is 185. The SMILES string of the molecule is CSCC(C)(O)CNCC(C)C(=O)O. The van der Waals surface area contributed by atoms with Gasteiger partial charge in [-0.15, -0.1) is 0 Å². The summed E-state index contributed by atoms with van der Waals surface area (Å²) in [4.78, 5) is 10.5. The van der Waals surface area contributed by atoms with Gasteiger partial charge >= 0.3 is 5.97 Å². The summed E-state index contributed by atoms with van der Waals surface area (Å²) in [6.07, 6.45) is 1.92. The van der Waals surface area contributed by atoms with Crippen LogP contribution in [0.1, 0.15) is 13.8 Å². The molecule has 4 nitrogen and oxygen atoms in total. The Morgan fingerprint density at radius 2 is 2.21 bits per heavy atom. The molecule has 0 bridgehead atoms. The zero-order valence-corrected chi connectivity index (χ0v) is 9.73. The second-order valence-corrected chi connectivity index (χ2v) is 4.67. The van der Waals surface area contributed by atoms with E-state index in [0.29, 0.717) is 18.8 Å². The first-order chi connectivity index (χ1) is 6.39. The van der Waals surface area contributed by atoms with Gasteiger partial charge in [0.05, 0.1) is 11.5 Å². The topological polar surface area (TPSA) is 69.6 Å². The predicted octanol–water partition coefficient (Wildman–Crippen LogP) is 0.411. The first-order valence-corrected chi connectivity index (χ1v) is 5.93. The molecule has 0 aromatic carbocycles. The highest BCUT2D eigenvalue weighted by Crippen LogP contribution is 2.09. The molecule has 0 fully saturated rings. The maximum atomic E-state index is 10.5. The van der Waals surface area contributed by atoms with Gasteiger partial charge in [0.15, 0.2) is 0 Å². The van der Waals surface area contributed by atoms with Crippen molar-refractivity contribution in [2.24, 2.45) is 5.92 Å². The second kappa shape index (κ2) is 6.27. The molecule has 0 saturated carbocycles. The monoisotopic (exact) mass is 221 g/mol. The maximum Gasteiger partial charge on any atom is 0.307 e. The van der Waals surface area contributed by atoms with Crippen LogP contribution in [-0.4, -0.2) is 46.9 Å². The van der Waals surface area contributed by atoms with Crippen LogP contribution in [-0.2, 0) is 4.79 Å². The molecule has 84 valence electrons. The fourth-order valence-electron chi connectivity index (χ4n) is 1.01. The van der Waals surface area contributed by atoms with Crippen LogP contribution in [0.2, 0.25) is 0 Å². The van der Waals surface area contributed by atoms with Crippen LogP contribution in [0.15, 0.2) is 0 Å². The molecule has 0 aliphatic carbocycles. The van der Waals surface area contributed by atoms with Gasteiger partial charge in [-0.2, -0.15) is 11.8 Å². The zero-order chi connectivity index (χ0) is 11.2. The lowest BCUT2D eigenvalue weighted by molar-refractivity contribution is -0.141. The minimum atomic E-state index is -0.818. The summed E-state index contributed by atoms with van der Waals surface area (Å²) < 4.78 is 0. The van der Waals surface area contributed by atoms with E-state index in [9.17, 15) is 9.90 Å². The minimum Gasteiger partial charge on any atom is -0.481 e. The van der Waals surface area contributed by atoms with Crippen LogP contribution in [0.4, 0.5) is 0 Å². The molecule has 2 unspecified atom stereocenters. The molecule has 0 saturated heterocycles. The predicted molar refractivity (Wildman–Crippen MR) is 58.7 cm³/mol. The van der Waals surface area contributed by atoms with Gasteiger partial charge in [-0.1, -0.05) is 6.92 Å². The van der Waals surface area contributed by atoms with Gasteiger partial charge in [0.25, 0.3) is 0 Å². The Balaban J connectivity index is 3.67. The van der Waals surface area contributed by atoms with Crippen LogP contribution in [0, 0.1) is 5.92 Å². The van der Waals surface area contributed by atoms with E-state index in [0.717, 1.165) is 0 Å². The number of aliphatic hydroxyl groups is 1. The summed E-state index contributed by atoms with van der Waals surface area (Å²) >= 11 is 1.57. The lowest BCUT2D eigenvalue weighted by atomic mass is 10.1. The molecule has 0 aliphatic rings. The number of carbonyl (C=O) groups is 1. The van der Waals surface area contributed by atoms with Gasteiger partial charge in [-0.25, -0.2) is 0 Å². The average Bonchev–Trinajstić information content (AvgIpc) is 2.03. The summed E-state index contributed by atoms with van der Waals surface area (Å²) in [6.45, 7) is 4.19. The normalized spacial score (nSPS) is 17.4. The van der Waals surface area contributed by atoms with Crippen molar-refractivity contribution in [3.05, 3.63) is 0 Å². The summed E-state index contributed by atoms with van der Waals surface area (Å²) in [5.74, 6) is -0.594. The summed E-state index contributed by atoms with van der Waals surface area (Å²) in [5, 5.41) is 21.3. The Morgan fingerprint density at radius 1 is 1.64 bits per heavy atom. The second-order valence-electron chi connectivity index (χ2n) is 3.80. The Morgan fingerprint density at radius 3 is 2.64 bits per heavy atom. The largest absolute Gasteiger partial charge is 0.481 e. The lowest BCUT2D eigenvalue weighted by Gasteiger charge is -2.23. The number of nitrogens with one attached hydrogen (secondary N) is 1. The molecular weight excluding hydrogens is 202 g/mol. The van der Waals surface area contributed by atoms with Crippen LogP contribution in [0.25, 0.3) is 0 Å². The number of rotatable bonds is 7. The molecular formula is C9H19NO3S. The fraction of sp³-hybridized carbons (Fsp3) is 0.889. The first-order valence-electron chi connectivity index (χ1n) is 4.54. The van der Waals surface area contributed by atoms with Crippen LogP contribution in [0.3, 0.4) is 0 Å². The van der Waals surface area contributed by atoms with Crippen molar-refractivity contribution in [2.45, 2.75) is 19.4 Å². The van der Waals surface area contributed by atoms with E-state index in [4.69, 9.17) is 5.11 Å². The number of hydrogen-bond acceptors (Lipinski definition) is 4. The van der Waals surface area contributed by atoms with Crippen LogP contribution in [0.5, 0.6) is 0 Å². The number of carboxylic acids is 1. The van der Waals surface area contributed by atoms with Crippen LogP contribution < -0.4 is 5.32 Å². The molecule has 0 aromatic heterocycles. The molecule has 0 rings (SSSR count). The average molecular weight is 221 g/mol. The van der Waals surface area contributed by atoms with E-state index in [1.54, 1.807) is 25.6 Å². The van der Waals surface area contributed by atoms with Crippen molar-refractivity contribution in [3.63, 3.8) is 0 Å². The fourth-order valence-corrected chi connectivity index (χ4v) is 1.73. The molecule has 0 aromatic rings. The Labute approximate surface area is 89.1 Å². The smallest absolute Gasteiger partial charge is 0.307 e. The third kappa shape index (κ3) is 6.23. The highest BCUT2D eigenvalue weighted by Gasteiger charge is 2.19. The Hall–Kier alpha value is -0.260. The van der Waals surface area contributed by atoms with E-state index in [2.05, 4.69) is 5.32 Å². The van der Waals surface area contributed by atoms with Gasteiger partial charge < -0.3 is 15.5 Å². The first kappa shape index (κ1) is 13.7. The summed E-state index contributed by atoms with van der Waals surface area (Å²) in [6, 6.07) is 0. The van der Waals surface area contributed by atoms with E-state index in [1.165, 1.54) is 0 Å². The highest BCUT2D eigenvalue weighted by molar-refractivity contribution is 7.98. The van der Waals surface area contributed by atoms with E-state index < -0.39 is 17.5 Å². The van der Waals surface area contributed by atoms with E-state index in [1.807, 2.05) is 6.26 Å². The van der Waals surface area contributed by atoms with Crippen molar-refractivity contribution in [1.82, 2.24) is 5.32 Å². The molecule has 0 radical (unpaired) electrons. The molecule has 5 heteroatoms. The number of carboxylic acid groups (broad SMARTS) is 1. The van der Waals surface area contributed by atoms with Crippen molar-refractivity contribution < 1.29 is 15.0 Å². The number of thioether (sulfide) groups is 1. The molecule has 0 spiro atoms. The van der Waals surface area contributed by atoms with Crippen molar-refractivity contribution in [1.29, 1.82) is 0 Å². The molecule has 14 heavy (non-hydrogen) atoms. The third-order valence-electron chi connectivity index (χ3n) is 1.83. The molecule has 3 N–H and O–H groups in total. The van der Waals surface area contributed by atoms with Crippen molar-refractivity contribution in [3.8, 4) is 0 Å². The standard InChI is InChI=1S/C9H19NO3S/c1-7(8(11)12)4-10-5-9(2,13)6-14-3/h7,10,13H,4-6H2,1-3H3,(H,11,12). The molecule has 2 atom stereocenters. The number of aliphatic carboxylic acids is 1. The lowest BCUT2D eigenvalue weighted by Crippen LogP contribution is -2.42. The minimum absolute atomic E-state index is 0.389. The highest BCUT2D eigenvalue weighted by atomic mass is 32.2. The molecule has 0 aliphatic heterocycles. The van der Waals surface area contributed by atoms with Crippen LogP contribution >= 0.6 is 11.8 Å². The van der Waals surface area contributed by atoms with Gasteiger partial charge in [-0.05, 0) is 13.2 Å². The summed E-state index contributed by atoms with van der Waals surface area (Å²) in [5.41, 5.74) is -0.766. The quantitative estimate of drug-likeness (QED) is 0.581. The van der Waals surface area contributed by atoms with Gasteiger partial charge in [-0.3, -0.25) is 4.79 Å². The third-order valence-corrected chi connectivity index (χ3v) is 2.74. The maximum absolute atomic E-state index is 10.5. The summed E-state index contributed by atoms with van der Waals surface area (Å²) in [7, 11) is 0. The van der Waals surface area contributed by atoms with Crippen molar-refractivity contribution >= 4 is 17.7 Å². The van der Waals surface area contributed by atoms with Crippen molar-refractivity contribution in [2.75, 3.05) is 25.1 Å².